The minimum atomic E-state index is -0.829. The number of aromatic nitrogens is 2. The van der Waals surface area contributed by atoms with Crippen molar-refractivity contribution in [2.75, 3.05) is 7.11 Å². The van der Waals surface area contributed by atoms with Gasteiger partial charge in [0, 0.05) is 9.61 Å². The lowest BCUT2D eigenvalue weighted by atomic mass is 10.1. The molecule has 0 aliphatic carbocycles. The Bertz CT molecular complexity index is 613. The van der Waals surface area contributed by atoms with Crippen LogP contribution in [0.2, 0.25) is 5.02 Å². The molecule has 0 bridgehead atoms. The van der Waals surface area contributed by atoms with Gasteiger partial charge in [0.15, 0.2) is 5.75 Å². The van der Waals surface area contributed by atoms with Crippen molar-refractivity contribution in [2.24, 2.45) is 0 Å². The van der Waals surface area contributed by atoms with Crippen LogP contribution in [-0.4, -0.2) is 22.0 Å². The van der Waals surface area contributed by atoms with Crippen molar-refractivity contribution in [3.8, 4) is 5.75 Å². The number of aliphatic hydroxyl groups is 1. The predicted molar refractivity (Wildman–Crippen MR) is 87.4 cm³/mol. The summed E-state index contributed by atoms with van der Waals surface area (Å²) in [6, 6.07) is 5.63. The van der Waals surface area contributed by atoms with Gasteiger partial charge in [-0.05, 0) is 54.1 Å². The van der Waals surface area contributed by atoms with E-state index in [1.807, 2.05) is 26.0 Å². The summed E-state index contributed by atoms with van der Waals surface area (Å²) in [5.41, 5.74) is 1.36. The van der Waals surface area contributed by atoms with E-state index in [2.05, 4.69) is 27.7 Å². The summed E-state index contributed by atoms with van der Waals surface area (Å²) in [5.74, 6) is 0.570. The van der Waals surface area contributed by atoms with E-state index in [0.717, 1.165) is 9.13 Å². The van der Waals surface area contributed by atoms with E-state index in [1.165, 1.54) is 0 Å². The molecule has 1 unspecified atom stereocenters. The number of rotatable bonds is 4. The van der Waals surface area contributed by atoms with Gasteiger partial charge in [-0.2, -0.15) is 5.10 Å². The van der Waals surface area contributed by atoms with Crippen LogP contribution in [-0.2, 0) is 0 Å². The maximum Gasteiger partial charge on any atom is 0.163 e. The van der Waals surface area contributed by atoms with Gasteiger partial charge in [0.05, 0.1) is 18.3 Å². The number of methoxy groups -OCH3 is 1. The normalized spacial score (nSPS) is 12.8. The molecule has 1 N–H and O–H groups in total. The molecule has 0 aliphatic heterocycles. The summed E-state index contributed by atoms with van der Waals surface area (Å²) in [5, 5.41) is 15.5. The Morgan fingerprint density at radius 2 is 2.10 bits per heavy atom. The van der Waals surface area contributed by atoms with Crippen LogP contribution in [0.5, 0.6) is 5.75 Å². The van der Waals surface area contributed by atoms with E-state index >= 15 is 0 Å². The van der Waals surface area contributed by atoms with Crippen molar-refractivity contribution >= 4 is 34.2 Å². The molecular formula is C14H16ClIN2O2. The lowest BCUT2D eigenvalue weighted by Gasteiger charge is -2.18. The predicted octanol–water partition coefficient (Wildman–Crippen LogP) is 3.81. The van der Waals surface area contributed by atoms with Crippen LogP contribution in [0.15, 0.2) is 24.4 Å². The first-order chi connectivity index (χ1) is 9.45. The quantitative estimate of drug-likeness (QED) is 0.786. The summed E-state index contributed by atoms with van der Waals surface area (Å²) in [6.07, 6.45) is 0.789. The average Bonchev–Trinajstić information content (AvgIpc) is 2.85. The summed E-state index contributed by atoms with van der Waals surface area (Å²) in [7, 11) is 1.57. The average molecular weight is 407 g/mol. The van der Waals surface area contributed by atoms with Crippen molar-refractivity contribution in [1.82, 2.24) is 9.78 Å². The van der Waals surface area contributed by atoms with Crippen LogP contribution < -0.4 is 4.74 Å². The Hall–Kier alpha value is -0.790. The van der Waals surface area contributed by atoms with E-state index in [0.29, 0.717) is 16.5 Å². The largest absolute Gasteiger partial charge is 0.493 e. The van der Waals surface area contributed by atoms with Crippen LogP contribution in [0, 0.1) is 3.57 Å². The summed E-state index contributed by atoms with van der Waals surface area (Å²) < 4.78 is 8.00. The molecule has 1 aromatic carbocycles. The molecule has 0 radical (unpaired) electrons. The minimum absolute atomic E-state index is 0.128. The first-order valence-corrected chi connectivity index (χ1v) is 7.65. The molecule has 0 spiro atoms. The third-order valence-electron chi connectivity index (χ3n) is 3.03. The lowest BCUT2D eigenvalue weighted by molar-refractivity contribution is 0.199. The molecule has 0 saturated carbocycles. The maximum atomic E-state index is 10.6. The lowest BCUT2D eigenvalue weighted by Crippen LogP contribution is -2.13. The van der Waals surface area contributed by atoms with Crippen LogP contribution in [0.3, 0.4) is 0 Å². The van der Waals surface area contributed by atoms with Gasteiger partial charge in [0.25, 0.3) is 0 Å². The van der Waals surface area contributed by atoms with Crippen LogP contribution >= 0.6 is 34.2 Å². The Kier molecular flexibility index (Phi) is 4.93. The summed E-state index contributed by atoms with van der Waals surface area (Å²) in [6.45, 7) is 4.01. The van der Waals surface area contributed by atoms with Gasteiger partial charge < -0.3 is 9.84 Å². The molecule has 0 saturated heterocycles. The van der Waals surface area contributed by atoms with E-state index in [1.54, 1.807) is 24.1 Å². The van der Waals surface area contributed by atoms with Gasteiger partial charge in [-0.1, -0.05) is 17.7 Å². The highest BCUT2D eigenvalue weighted by molar-refractivity contribution is 14.1. The molecule has 108 valence electrons. The van der Waals surface area contributed by atoms with Gasteiger partial charge in [0.1, 0.15) is 11.8 Å². The second-order valence-electron chi connectivity index (χ2n) is 4.71. The zero-order valence-electron chi connectivity index (χ0n) is 11.5. The van der Waals surface area contributed by atoms with Crippen molar-refractivity contribution < 1.29 is 9.84 Å². The van der Waals surface area contributed by atoms with Crippen LogP contribution in [0.25, 0.3) is 0 Å². The molecule has 0 aliphatic rings. The van der Waals surface area contributed by atoms with E-state index in [9.17, 15) is 5.11 Å². The van der Waals surface area contributed by atoms with E-state index in [-0.39, 0.29) is 6.04 Å². The second kappa shape index (κ2) is 6.32. The highest BCUT2D eigenvalue weighted by Crippen LogP contribution is 2.33. The van der Waals surface area contributed by atoms with Crippen LogP contribution in [0.4, 0.5) is 0 Å². The SMILES string of the molecule is COc1cnn(C(C)C)c1C(O)c1ccc(I)c(Cl)c1. The highest BCUT2D eigenvalue weighted by Gasteiger charge is 2.23. The maximum absolute atomic E-state index is 10.6. The van der Waals surface area contributed by atoms with E-state index < -0.39 is 6.10 Å². The Morgan fingerprint density at radius 3 is 2.65 bits per heavy atom. The number of aliphatic hydroxyl groups excluding tert-OH is 1. The standard InChI is InChI=1S/C14H16ClIN2O2/c1-8(2)18-13(12(20-3)7-17-18)14(19)9-4-5-11(16)10(15)6-9/h4-8,14,19H,1-3H3. The fraction of sp³-hybridized carbons (Fsp3) is 0.357. The molecule has 4 nitrogen and oxygen atoms in total. The van der Waals surface area contributed by atoms with Gasteiger partial charge in [0.2, 0.25) is 0 Å². The number of hydrogen-bond acceptors (Lipinski definition) is 3. The van der Waals surface area contributed by atoms with Crippen molar-refractivity contribution in [1.29, 1.82) is 0 Å². The number of halogens is 2. The first-order valence-electron chi connectivity index (χ1n) is 6.20. The zero-order chi connectivity index (χ0) is 14.9. The monoisotopic (exact) mass is 406 g/mol. The van der Waals surface area contributed by atoms with Gasteiger partial charge in [-0.3, -0.25) is 4.68 Å². The molecule has 0 amide bonds. The van der Waals surface area contributed by atoms with Crippen molar-refractivity contribution in [3.05, 3.63) is 44.2 Å². The molecule has 2 rings (SSSR count). The zero-order valence-corrected chi connectivity index (χ0v) is 14.4. The summed E-state index contributed by atoms with van der Waals surface area (Å²) >= 11 is 8.28. The fourth-order valence-electron chi connectivity index (χ4n) is 2.03. The molecule has 6 heteroatoms. The molecule has 1 aromatic heterocycles. The smallest absolute Gasteiger partial charge is 0.163 e. The number of ether oxygens (including phenoxy) is 1. The highest BCUT2D eigenvalue weighted by atomic mass is 127. The minimum Gasteiger partial charge on any atom is -0.493 e. The third-order valence-corrected chi connectivity index (χ3v) is 4.60. The Balaban J connectivity index is 2.49. The van der Waals surface area contributed by atoms with Gasteiger partial charge >= 0.3 is 0 Å². The second-order valence-corrected chi connectivity index (χ2v) is 6.28. The fourth-order valence-corrected chi connectivity index (χ4v) is 2.55. The Labute approximate surface area is 136 Å². The number of benzene rings is 1. The first kappa shape index (κ1) is 15.6. The third kappa shape index (κ3) is 2.94. The Morgan fingerprint density at radius 1 is 1.40 bits per heavy atom. The van der Waals surface area contributed by atoms with Crippen LogP contribution in [0.1, 0.15) is 37.3 Å². The number of nitrogens with zero attached hydrogens (tertiary/aromatic N) is 2. The molecule has 20 heavy (non-hydrogen) atoms. The molecule has 0 fully saturated rings. The van der Waals surface area contributed by atoms with Gasteiger partial charge in [-0.25, -0.2) is 0 Å². The molecule has 2 aromatic rings. The molecular weight excluding hydrogens is 391 g/mol. The van der Waals surface area contributed by atoms with Crippen molar-refractivity contribution in [2.45, 2.75) is 26.0 Å². The van der Waals surface area contributed by atoms with Crippen molar-refractivity contribution in [3.63, 3.8) is 0 Å². The summed E-state index contributed by atoms with van der Waals surface area (Å²) in [4.78, 5) is 0. The van der Waals surface area contributed by atoms with E-state index in [4.69, 9.17) is 16.3 Å². The topological polar surface area (TPSA) is 47.3 Å². The van der Waals surface area contributed by atoms with Gasteiger partial charge in [-0.15, -0.1) is 0 Å². The molecule has 1 heterocycles. The molecule has 1 atom stereocenters. The number of hydrogen-bond donors (Lipinski definition) is 1.